The van der Waals surface area contributed by atoms with Gasteiger partial charge in [-0.2, -0.15) is 0 Å². The molecule has 0 saturated carbocycles. The highest BCUT2D eigenvalue weighted by Gasteiger charge is 2.28. The van der Waals surface area contributed by atoms with Crippen LogP contribution < -0.4 is 4.90 Å². The third-order valence-electron chi connectivity index (χ3n) is 4.40. The predicted octanol–water partition coefficient (Wildman–Crippen LogP) is 3.67. The first kappa shape index (κ1) is 13.9. The fourth-order valence-electron chi connectivity index (χ4n) is 3.31. The maximum Gasteiger partial charge on any atom is 0.158 e. The van der Waals surface area contributed by atoms with Gasteiger partial charge in [0.05, 0.1) is 16.9 Å². The molecule has 0 bridgehead atoms. The summed E-state index contributed by atoms with van der Waals surface area (Å²) >= 11 is 0. The van der Waals surface area contributed by atoms with E-state index in [1.165, 1.54) is 5.69 Å². The maximum absolute atomic E-state index is 4.91. The van der Waals surface area contributed by atoms with Gasteiger partial charge in [-0.15, -0.1) is 0 Å². The number of fused-ring (bicyclic) bond motifs is 5. The summed E-state index contributed by atoms with van der Waals surface area (Å²) in [5.41, 5.74) is 4.40. The van der Waals surface area contributed by atoms with Crippen LogP contribution in [0.1, 0.15) is 25.2 Å². The normalized spacial score (nSPS) is 12.4. The molecule has 0 saturated heterocycles. The Morgan fingerprint density at radius 1 is 1.00 bits per heavy atom. The van der Waals surface area contributed by atoms with E-state index < -0.39 is 0 Å². The second kappa shape index (κ2) is 5.19. The molecule has 5 heteroatoms. The van der Waals surface area contributed by atoms with E-state index in [-0.39, 0.29) is 0 Å². The van der Waals surface area contributed by atoms with Crippen LogP contribution in [-0.4, -0.2) is 26.1 Å². The minimum absolute atomic E-state index is 0.804. The first-order valence-corrected chi connectivity index (χ1v) is 8.02. The third-order valence-corrected chi connectivity index (χ3v) is 4.40. The van der Waals surface area contributed by atoms with E-state index in [4.69, 9.17) is 4.98 Å². The lowest BCUT2D eigenvalue weighted by molar-refractivity contribution is 0.940. The molecule has 4 rings (SSSR count). The van der Waals surface area contributed by atoms with Crippen molar-refractivity contribution >= 4 is 11.6 Å². The Labute approximate surface area is 135 Å². The van der Waals surface area contributed by atoms with Crippen LogP contribution in [0.15, 0.2) is 36.7 Å². The lowest BCUT2D eigenvalue weighted by atomic mass is 10.2. The van der Waals surface area contributed by atoms with Crippen molar-refractivity contribution in [2.24, 2.45) is 0 Å². The molecule has 4 heterocycles. The number of rotatable bonds is 2. The molecular weight excluding hydrogens is 286 g/mol. The molecule has 0 unspecified atom stereocenters. The number of anilines is 2. The summed E-state index contributed by atoms with van der Waals surface area (Å²) in [6, 6.07) is 8.14. The minimum atomic E-state index is 0.804. The van der Waals surface area contributed by atoms with Crippen molar-refractivity contribution in [1.29, 1.82) is 0 Å². The van der Waals surface area contributed by atoms with Gasteiger partial charge in [-0.3, -0.25) is 4.57 Å². The zero-order valence-corrected chi connectivity index (χ0v) is 13.6. The number of imidazole rings is 1. The topological polar surface area (TPSA) is 46.8 Å². The van der Waals surface area contributed by atoms with Crippen molar-refractivity contribution in [2.75, 3.05) is 11.4 Å². The van der Waals surface area contributed by atoms with E-state index in [0.29, 0.717) is 0 Å². The molecule has 3 aromatic rings. The fourth-order valence-corrected chi connectivity index (χ4v) is 3.31. The van der Waals surface area contributed by atoms with Gasteiger partial charge < -0.3 is 4.90 Å². The van der Waals surface area contributed by atoms with Crippen LogP contribution in [0, 0.1) is 6.92 Å². The van der Waals surface area contributed by atoms with Crippen molar-refractivity contribution < 1.29 is 0 Å². The van der Waals surface area contributed by atoms with E-state index in [0.717, 1.165) is 47.4 Å². The molecule has 23 heavy (non-hydrogen) atoms. The Balaban J connectivity index is 2.15. The first-order valence-electron chi connectivity index (χ1n) is 8.02. The van der Waals surface area contributed by atoms with Crippen LogP contribution in [0.4, 0.5) is 11.6 Å². The molecule has 0 atom stereocenters. The van der Waals surface area contributed by atoms with E-state index >= 15 is 0 Å². The molecule has 1 aliphatic rings. The monoisotopic (exact) mass is 305 g/mol. The van der Waals surface area contributed by atoms with Crippen LogP contribution in [0.5, 0.6) is 0 Å². The molecule has 0 N–H and O–H groups in total. The molecule has 0 radical (unpaired) electrons. The van der Waals surface area contributed by atoms with Gasteiger partial charge in [-0.1, -0.05) is 6.92 Å². The van der Waals surface area contributed by atoms with E-state index in [2.05, 4.69) is 52.3 Å². The van der Waals surface area contributed by atoms with Crippen molar-refractivity contribution in [3.05, 3.63) is 48.0 Å². The minimum Gasteiger partial charge on any atom is -0.309 e. The summed E-state index contributed by atoms with van der Waals surface area (Å²) in [6.45, 7) is 7.19. The smallest absolute Gasteiger partial charge is 0.158 e. The Morgan fingerprint density at radius 3 is 2.48 bits per heavy atom. The molecular formula is C18H19N5. The van der Waals surface area contributed by atoms with Gasteiger partial charge in [0, 0.05) is 24.6 Å². The van der Waals surface area contributed by atoms with Crippen LogP contribution >= 0.6 is 0 Å². The molecule has 1 aliphatic heterocycles. The summed E-state index contributed by atoms with van der Waals surface area (Å²) in [5.74, 6) is 2.80. The van der Waals surface area contributed by atoms with Crippen LogP contribution in [-0.2, 0) is 6.42 Å². The third kappa shape index (κ3) is 1.89. The van der Waals surface area contributed by atoms with Gasteiger partial charge in [0.25, 0.3) is 0 Å². The largest absolute Gasteiger partial charge is 0.309 e. The average molecular weight is 305 g/mol. The van der Waals surface area contributed by atoms with Crippen LogP contribution in [0.2, 0.25) is 0 Å². The molecule has 0 amide bonds. The van der Waals surface area contributed by atoms with E-state index in [1.807, 2.05) is 24.5 Å². The van der Waals surface area contributed by atoms with Gasteiger partial charge >= 0.3 is 0 Å². The molecule has 3 aromatic heterocycles. The van der Waals surface area contributed by atoms with Crippen molar-refractivity contribution in [2.45, 2.75) is 27.2 Å². The zero-order chi connectivity index (χ0) is 16.0. The molecule has 5 nitrogen and oxygen atoms in total. The second-order valence-corrected chi connectivity index (χ2v) is 5.62. The Hall–Kier alpha value is -2.69. The molecule has 0 aliphatic carbocycles. The highest BCUT2D eigenvalue weighted by atomic mass is 15.3. The predicted molar refractivity (Wildman–Crippen MR) is 91.4 cm³/mol. The van der Waals surface area contributed by atoms with Crippen molar-refractivity contribution in [1.82, 2.24) is 19.5 Å². The van der Waals surface area contributed by atoms with Gasteiger partial charge in [0.15, 0.2) is 5.82 Å². The Bertz CT molecular complexity index is 881. The number of aromatic nitrogens is 4. The first-order chi connectivity index (χ1) is 11.3. The molecule has 0 aromatic carbocycles. The maximum atomic E-state index is 4.91. The zero-order valence-electron chi connectivity index (χ0n) is 13.6. The summed E-state index contributed by atoms with van der Waals surface area (Å²) in [6.07, 6.45) is 4.58. The Morgan fingerprint density at radius 2 is 1.74 bits per heavy atom. The van der Waals surface area contributed by atoms with Gasteiger partial charge in [0.1, 0.15) is 11.6 Å². The van der Waals surface area contributed by atoms with Crippen LogP contribution in [0.25, 0.3) is 17.1 Å². The summed E-state index contributed by atoms with van der Waals surface area (Å²) in [7, 11) is 0. The molecule has 0 fully saturated rings. The quantitative estimate of drug-likeness (QED) is 0.724. The number of nitrogens with zero attached hydrogens (tertiary/aromatic N) is 5. The number of hydrogen-bond acceptors (Lipinski definition) is 4. The summed E-state index contributed by atoms with van der Waals surface area (Å²) in [5, 5.41) is 0. The Kier molecular flexibility index (Phi) is 3.15. The standard InChI is InChI=1S/C18H19N5/c1-4-14-12(3)23-15-9-7-11-20-18(15)22(5-2)16-13(17(23)21-14)8-6-10-19-16/h6-11H,4-5H2,1-3H3. The molecule has 116 valence electrons. The number of pyridine rings is 2. The van der Waals surface area contributed by atoms with E-state index in [9.17, 15) is 0 Å². The highest BCUT2D eigenvalue weighted by molar-refractivity contribution is 5.82. The number of aryl methyl sites for hydroxylation is 1. The second-order valence-electron chi connectivity index (χ2n) is 5.62. The van der Waals surface area contributed by atoms with Crippen molar-refractivity contribution in [3.63, 3.8) is 0 Å². The lowest BCUT2D eigenvalue weighted by Gasteiger charge is -2.22. The van der Waals surface area contributed by atoms with Crippen LogP contribution in [0.3, 0.4) is 0 Å². The highest BCUT2D eigenvalue weighted by Crippen LogP contribution is 2.41. The van der Waals surface area contributed by atoms with Gasteiger partial charge in [0.2, 0.25) is 0 Å². The summed E-state index contributed by atoms with van der Waals surface area (Å²) in [4.78, 5) is 16.3. The fraction of sp³-hybridized carbons (Fsp3) is 0.278. The molecule has 0 spiro atoms. The average Bonchev–Trinajstić information content (AvgIpc) is 2.87. The van der Waals surface area contributed by atoms with Crippen molar-refractivity contribution in [3.8, 4) is 17.1 Å². The van der Waals surface area contributed by atoms with E-state index in [1.54, 1.807) is 0 Å². The lowest BCUT2D eigenvalue weighted by Crippen LogP contribution is -2.19. The van der Waals surface area contributed by atoms with Gasteiger partial charge in [-0.25, -0.2) is 15.0 Å². The SMILES string of the molecule is CCc1nc2n(c1C)-c1cccnc1N(CC)c1ncccc1-2. The van der Waals surface area contributed by atoms with Gasteiger partial charge in [-0.05, 0) is 44.5 Å². The summed E-state index contributed by atoms with van der Waals surface area (Å²) < 4.78 is 2.22. The number of hydrogen-bond donors (Lipinski definition) is 0.